The number of amides is 2. The summed E-state index contributed by atoms with van der Waals surface area (Å²) < 4.78 is 0. The second-order valence-corrected chi connectivity index (χ2v) is 4.67. The van der Waals surface area contributed by atoms with Gasteiger partial charge in [0.2, 0.25) is 0 Å². The highest BCUT2D eigenvalue weighted by Gasteiger charge is 2.03. The van der Waals surface area contributed by atoms with E-state index >= 15 is 0 Å². The zero-order valence-electron chi connectivity index (χ0n) is 10.0. The minimum Gasteiger partial charge on any atom is -0.337 e. The van der Waals surface area contributed by atoms with Crippen molar-refractivity contribution in [1.29, 1.82) is 0 Å². The Morgan fingerprint density at radius 3 is 3.00 bits per heavy atom. The third-order valence-electron chi connectivity index (χ3n) is 2.20. The summed E-state index contributed by atoms with van der Waals surface area (Å²) in [5, 5.41) is 8.46. The van der Waals surface area contributed by atoms with Crippen LogP contribution in [-0.2, 0) is 6.42 Å². The van der Waals surface area contributed by atoms with Crippen LogP contribution in [0, 0.1) is 6.92 Å². The Labute approximate surface area is 109 Å². The number of hydrogen-bond acceptors (Lipinski definition) is 4. The fourth-order valence-corrected chi connectivity index (χ4v) is 2.17. The number of aryl methyl sites for hydroxylation is 1. The van der Waals surface area contributed by atoms with Crippen LogP contribution in [0.3, 0.4) is 0 Å². The van der Waals surface area contributed by atoms with E-state index in [9.17, 15) is 4.79 Å². The molecule has 2 aromatic rings. The molecule has 0 unspecified atom stereocenters. The van der Waals surface area contributed by atoms with E-state index in [1.54, 1.807) is 29.7 Å². The molecule has 0 saturated heterocycles. The van der Waals surface area contributed by atoms with E-state index in [0.717, 1.165) is 17.1 Å². The molecule has 2 heterocycles. The molecule has 0 saturated carbocycles. The number of aromatic nitrogens is 2. The fourth-order valence-electron chi connectivity index (χ4n) is 1.40. The van der Waals surface area contributed by atoms with Gasteiger partial charge in [0.25, 0.3) is 0 Å². The molecule has 0 atom stereocenters. The smallest absolute Gasteiger partial charge is 0.320 e. The highest BCUT2D eigenvalue weighted by atomic mass is 32.1. The summed E-state index contributed by atoms with van der Waals surface area (Å²) in [5.41, 5.74) is 1.02. The van der Waals surface area contributed by atoms with Crippen molar-refractivity contribution in [2.24, 2.45) is 0 Å². The van der Waals surface area contributed by atoms with Crippen molar-refractivity contribution in [2.75, 3.05) is 11.9 Å². The van der Waals surface area contributed by atoms with Gasteiger partial charge in [-0.15, -0.1) is 11.3 Å². The summed E-state index contributed by atoms with van der Waals surface area (Å²) in [6, 6.07) is 5.11. The number of anilines is 1. The van der Waals surface area contributed by atoms with Crippen molar-refractivity contribution in [1.82, 2.24) is 15.3 Å². The zero-order valence-corrected chi connectivity index (χ0v) is 10.8. The lowest BCUT2D eigenvalue weighted by atomic mass is 10.4. The van der Waals surface area contributed by atoms with Crippen molar-refractivity contribution in [3.05, 3.63) is 40.5 Å². The maximum atomic E-state index is 11.5. The Morgan fingerprint density at radius 1 is 1.44 bits per heavy atom. The van der Waals surface area contributed by atoms with Crippen LogP contribution in [0.1, 0.15) is 10.7 Å². The van der Waals surface area contributed by atoms with Gasteiger partial charge in [0.05, 0.1) is 5.01 Å². The third kappa shape index (κ3) is 3.81. The van der Waals surface area contributed by atoms with E-state index in [1.165, 1.54) is 0 Å². The molecule has 0 bridgehead atoms. The molecule has 2 aromatic heterocycles. The number of carbonyl (C=O) groups is 1. The Hall–Kier alpha value is -1.95. The topological polar surface area (TPSA) is 66.9 Å². The monoisotopic (exact) mass is 262 g/mol. The maximum absolute atomic E-state index is 11.5. The first-order valence-electron chi connectivity index (χ1n) is 5.61. The van der Waals surface area contributed by atoms with Gasteiger partial charge in [-0.05, 0) is 19.1 Å². The molecular weight excluding hydrogens is 248 g/mol. The van der Waals surface area contributed by atoms with Gasteiger partial charge in [-0.1, -0.05) is 6.07 Å². The SMILES string of the molecule is Cc1csc(CCNC(=O)Nc2ccccn2)n1. The lowest BCUT2D eigenvalue weighted by molar-refractivity contribution is 0.252. The number of hydrogen-bond donors (Lipinski definition) is 2. The first kappa shape index (κ1) is 12.5. The van der Waals surface area contributed by atoms with Crippen molar-refractivity contribution in [3.63, 3.8) is 0 Å². The summed E-state index contributed by atoms with van der Waals surface area (Å²) in [6.45, 7) is 2.52. The summed E-state index contributed by atoms with van der Waals surface area (Å²) in [6.07, 6.45) is 2.38. The third-order valence-corrected chi connectivity index (χ3v) is 3.22. The normalized spacial score (nSPS) is 10.1. The summed E-state index contributed by atoms with van der Waals surface area (Å²) in [4.78, 5) is 19.9. The van der Waals surface area contributed by atoms with E-state index in [2.05, 4.69) is 20.6 Å². The first-order chi connectivity index (χ1) is 8.74. The molecule has 5 nitrogen and oxygen atoms in total. The Morgan fingerprint density at radius 2 is 2.33 bits per heavy atom. The zero-order chi connectivity index (χ0) is 12.8. The van der Waals surface area contributed by atoms with Crippen LogP contribution in [0.25, 0.3) is 0 Å². The lowest BCUT2D eigenvalue weighted by Crippen LogP contribution is -2.30. The maximum Gasteiger partial charge on any atom is 0.320 e. The van der Waals surface area contributed by atoms with Crippen LogP contribution in [0.15, 0.2) is 29.8 Å². The average Bonchev–Trinajstić information content (AvgIpc) is 2.76. The van der Waals surface area contributed by atoms with Crippen molar-refractivity contribution < 1.29 is 4.79 Å². The summed E-state index contributed by atoms with van der Waals surface area (Å²) in [5.74, 6) is 0.542. The van der Waals surface area contributed by atoms with Crippen LogP contribution in [-0.4, -0.2) is 22.5 Å². The van der Waals surface area contributed by atoms with Gasteiger partial charge < -0.3 is 5.32 Å². The second-order valence-electron chi connectivity index (χ2n) is 3.73. The molecule has 2 rings (SSSR count). The molecule has 0 fully saturated rings. The quantitative estimate of drug-likeness (QED) is 0.887. The molecule has 0 radical (unpaired) electrons. The van der Waals surface area contributed by atoms with Crippen molar-refractivity contribution >= 4 is 23.2 Å². The molecule has 0 aliphatic rings. The molecule has 0 aliphatic heterocycles. The average molecular weight is 262 g/mol. The van der Waals surface area contributed by atoms with Gasteiger partial charge in [-0.2, -0.15) is 0 Å². The molecule has 2 N–H and O–H groups in total. The molecular formula is C12H14N4OS. The molecule has 0 aliphatic carbocycles. The minimum absolute atomic E-state index is 0.248. The highest BCUT2D eigenvalue weighted by molar-refractivity contribution is 7.09. The number of nitrogens with zero attached hydrogens (tertiary/aromatic N) is 2. The summed E-state index contributed by atoms with van der Waals surface area (Å²) >= 11 is 1.61. The molecule has 0 spiro atoms. The van der Waals surface area contributed by atoms with Gasteiger partial charge >= 0.3 is 6.03 Å². The van der Waals surface area contributed by atoms with Gasteiger partial charge in [0, 0.05) is 30.2 Å². The van der Waals surface area contributed by atoms with E-state index in [1.807, 2.05) is 18.4 Å². The van der Waals surface area contributed by atoms with Crippen molar-refractivity contribution in [3.8, 4) is 0 Å². The van der Waals surface area contributed by atoms with Crippen LogP contribution in [0.4, 0.5) is 10.6 Å². The number of rotatable bonds is 4. The van der Waals surface area contributed by atoms with Gasteiger partial charge in [0.1, 0.15) is 5.82 Å². The van der Waals surface area contributed by atoms with Gasteiger partial charge in [0.15, 0.2) is 0 Å². The Bertz CT molecular complexity index is 512. The second kappa shape index (κ2) is 6.11. The molecule has 18 heavy (non-hydrogen) atoms. The van der Waals surface area contributed by atoms with Gasteiger partial charge in [-0.25, -0.2) is 14.8 Å². The summed E-state index contributed by atoms with van der Waals surface area (Å²) in [7, 11) is 0. The lowest BCUT2D eigenvalue weighted by Gasteiger charge is -2.05. The van der Waals surface area contributed by atoms with E-state index in [0.29, 0.717) is 12.4 Å². The number of thiazole rings is 1. The van der Waals surface area contributed by atoms with E-state index in [4.69, 9.17) is 0 Å². The van der Waals surface area contributed by atoms with Gasteiger partial charge in [-0.3, -0.25) is 5.32 Å². The largest absolute Gasteiger partial charge is 0.337 e. The Balaban J connectivity index is 1.72. The van der Waals surface area contributed by atoms with E-state index in [-0.39, 0.29) is 6.03 Å². The van der Waals surface area contributed by atoms with Crippen molar-refractivity contribution in [2.45, 2.75) is 13.3 Å². The molecule has 2 amide bonds. The molecule has 6 heteroatoms. The predicted molar refractivity (Wildman–Crippen MR) is 71.8 cm³/mol. The number of pyridine rings is 1. The molecule has 0 aromatic carbocycles. The predicted octanol–water partition coefficient (Wildman–Crippen LogP) is 2.21. The Kier molecular flexibility index (Phi) is 4.25. The fraction of sp³-hybridized carbons (Fsp3) is 0.250. The number of carbonyl (C=O) groups excluding carboxylic acids is 1. The van der Waals surface area contributed by atoms with Crippen LogP contribution in [0.5, 0.6) is 0 Å². The standard InChI is InChI=1S/C12H14N4OS/c1-9-8-18-11(15-9)5-7-14-12(17)16-10-4-2-3-6-13-10/h2-4,6,8H,5,7H2,1H3,(H2,13,14,16,17). The van der Waals surface area contributed by atoms with Crippen LogP contribution in [0.2, 0.25) is 0 Å². The van der Waals surface area contributed by atoms with Crippen LogP contribution < -0.4 is 10.6 Å². The first-order valence-corrected chi connectivity index (χ1v) is 6.49. The molecule has 94 valence electrons. The number of urea groups is 1. The van der Waals surface area contributed by atoms with Crippen LogP contribution >= 0.6 is 11.3 Å². The number of nitrogens with one attached hydrogen (secondary N) is 2. The van der Waals surface area contributed by atoms with E-state index < -0.39 is 0 Å². The highest BCUT2D eigenvalue weighted by Crippen LogP contribution is 2.08. The minimum atomic E-state index is -0.248.